The minimum atomic E-state index is 0.00278. The molecule has 0 radical (unpaired) electrons. The predicted octanol–water partition coefficient (Wildman–Crippen LogP) is 1.86. The first-order chi connectivity index (χ1) is 6.24. The molecular formula is C10H10O3. The number of benzene rings is 1. The number of carbonyl (C=O) groups excluding carboxylic acids is 1. The zero-order valence-electron chi connectivity index (χ0n) is 7.28. The Kier molecular flexibility index (Phi) is 2.69. The Morgan fingerprint density at radius 2 is 2.23 bits per heavy atom. The molecule has 13 heavy (non-hydrogen) atoms. The van der Waals surface area contributed by atoms with E-state index in [0.29, 0.717) is 17.4 Å². The molecule has 3 heteroatoms. The van der Waals surface area contributed by atoms with Crippen LogP contribution in [0.5, 0.6) is 11.5 Å². The lowest BCUT2D eigenvalue weighted by molar-refractivity contribution is 0.112. The number of hydrogen-bond donors (Lipinski definition) is 1. The van der Waals surface area contributed by atoms with E-state index in [-0.39, 0.29) is 11.5 Å². The highest BCUT2D eigenvalue weighted by atomic mass is 16.5. The van der Waals surface area contributed by atoms with Crippen molar-refractivity contribution in [1.29, 1.82) is 0 Å². The van der Waals surface area contributed by atoms with Gasteiger partial charge in [-0.3, -0.25) is 4.79 Å². The van der Waals surface area contributed by atoms with Crippen molar-refractivity contribution in [3.05, 3.63) is 29.8 Å². The number of phenolic OH excluding ortho intramolecular Hbond substituents is 1. The molecular weight excluding hydrogens is 168 g/mol. The normalized spacial score (nSPS) is 9.31. The van der Waals surface area contributed by atoms with Gasteiger partial charge < -0.3 is 9.84 Å². The molecule has 0 aromatic heterocycles. The largest absolute Gasteiger partial charge is 0.504 e. The highest BCUT2D eigenvalue weighted by molar-refractivity contribution is 5.85. The van der Waals surface area contributed by atoms with Gasteiger partial charge in [-0.05, 0) is 12.1 Å². The van der Waals surface area contributed by atoms with Crippen LogP contribution in [0.3, 0.4) is 0 Å². The van der Waals surface area contributed by atoms with Crippen LogP contribution in [-0.2, 0) is 0 Å². The van der Waals surface area contributed by atoms with Gasteiger partial charge in [0.25, 0.3) is 0 Å². The SMILES string of the molecule is C=Cc1c(C=O)ccc(O)c1OC. The third-order valence-corrected chi connectivity index (χ3v) is 1.74. The van der Waals surface area contributed by atoms with Crippen molar-refractivity contribution < 1.29 is 14.6 Å². The quantitative estimate of drug-likeness (QED) is 0.718. The van der Waals surface area contributed by atoms with Crippen LogP contribution in [0.15, 0.2) is 18.7 Å². The molecule has 0 spiro atoms. The zero-order chi connectivity index (χ0) is 9.84. The average Bonchev–Trinajstić information content (AvgIpc) is 2.17. The molecule has 0 atom stereocenters. The van der Waals surface area contributed by atoms with Crippen LogP contribution < -0.4 is 4.74 Å². The number of phenols is 1. The van der Waals surface area contributed by atoms with E-state index in [9.17, 15) is 9.90 Å². The summed E-state index contributed by atoms with van der Waals surface area (Å²) in [6.45, 7) is 3.54. The lowest BCUT2D eigenvalue weighted by Crippen LogP contribution is -1.92. The fourth-order valence-electron chi connectivity index (χ4n) is 1.13. The van der Waals surface area contributed by atoms with Crippen LogP contribution in [0.25, 0.3) is 6.08 Å². The number of aromatic hydroxyl groups is 1. The lowest BCUT2D eigenvalue weighted by atomic mass is 10.1. The fourth-order valence-corrected chi connectivity index (χ4v) is 1.13. The first-order valence-corrected chi connectivity index (χ1v) is 3.72. The van der Waals surface area contributed by atoms with Crippen LogP contribution in [0.4, 0.5) is 0 Å². The molecule has 0 heterocycles. The average molecular weight is 178 g/mol. The summed E-state index contributed by atoms with van der Waals surface area (Å²) in [6, 6.07) is 2.93. The van der Waals surface area contributed by atoms with Gasteiger partial charge in [-0.25, -0.2) is 0 Å². The second-order valence-electron chi connectivity index (χ2n) is 2.44. The number of hydrogen-bond acceptors (Lipinski definition) is 3. The van der Waals surface area contributed by atoms with E-state index in [4.69, 9.17) is 4.74 Å². The van der Waals surface area contributed by atoms with Gasteiger partial charge in [0.2, 0.25) is 0 Å². The number of carbonyl (C=O) groups is 1. The van der Waals surface area contributed by atoms with Crippen molar-refractivity contribution >= 4 is 12.4 Å². The molecule has 0 saturated carbocycles. The van der Waals surface area contributed by atoms with E-state index in [2.05, 4.69) is 6.58 Å². The molecule has 1 N–H and O–H groups in total. The summed E-state index contributed by atoms with van der Waals surface area (Å²) < 4.78 is 4.93. The van der Waals surface area contributed by atoms with Crippen molar-refractivity contribution in [3.8, 4) is 11.5 Å². The van der Waals surface area contributed by atoms with Crippen molar-refractivity contribution in [2.24, 2.45) is 0 Å². The Hall–Kier alpha value is -1.77. The van der Waals surface area contributed by atoms with E-state index in [1.54, 1.807) is 0 Å². The van der Waals surface area contributed by atoms with Crippen LogP contribution in [0, 0.1) is 0 Å². The maximum absolute atomic E-state index is 10.6. The topological polar surface area (TPSA) is 46.5 Å². The first kappa shape index (κ1) is 9.32. The standard InChI is InChI=1S/C10H10O3/c1-3-8-7(6-11)4-5-9(12)10(8)13-2/h3-6,12H,1H2,2H3. The molecule has 1 rings (SSSR count). The van der Waals surface area contributed by atoms with E-state index < -0.39 is 0 Å². The van der Waals surface area contributed by atoms with E-state index in [0.717, 1.165) is 0 Å². The Labute approximate surface area is 76.3 Å². The van der Waals surface area contributed by atoms with Gasteiger partial charge in [-0.15, -0.1) is 0 Å². The molecule has 3 nitrogen and oxygen atoms in total. The zero-order valence-corrected chi connectivity index (χ0v) is 7.28. The van der Waals surface area contributed by atoms with Crippen molar-refractivity contribution in [3.63, 3.8) is 0 Å². The molecule has 0 amide bonds. The van der Waals surface area contributed by atoms with Crippen LogP contribution >= 0.6 is 0 Å². The monoisotopic (exact) mass is 178 g/mol. The summed E-state index contributed by atoms with van der Waals surface area (Å²) in [5.74, 6) is 0.280. The minimum Gasteiger partial charge on any atom is -0.504 e. The van der Waals surface area contributed by atoms with Crippen LogP contribution in [-0.4, -0.2) is 18.5 Å². The highest BCUT2D eigenvalue weighted by Gasteiger charge is 2.09. The molecule has 0 bridgehead atoms. The predicted molar refractivity (Wildman–Crippen MR) is 50.1 cm³/mol. The van der Waals surface area contributed by atoms with Gasteiger partial charge in [-0.2, -0.15) is 0 Å². The number of rotatable bonds is 3. The van der Waals surface area contributed by atoms with Gasteiger partial charge >= 0.3 is 0 Å². The summed E-state index contributed by atoms with van der Waals surface area (Å²) in [4.78, 5) is 10.6. The molecule has 1 aromatic carbocycles. The molecule has 1 aromatic rings. The second-order valence-corrected chi connectivity index (χ2v) is 2.44. The summed E-state index contributed by atoms with van der Waals surface area (Å²) in [6.07, 6.45) is 2.17. The van der Waals surface area contributed by atoms with E-state index in [1.165, 1.54) is 25.3 Å². The fraction of sp³-hybridized carbons (Fsp3) is 0.100. The van der Waals surface area contributed by atoms with Crippen molar-refractivity contribution in [2.75, 3.05) is 7.11 Å². The van der Waals surface area contributed by atoms with E-state index >= 15 is 0 Å². The van der Waals surface area contributed by atoms with Gasteiger partial charge in [0.05, 0.1) is 7.11 Å². The van der Waals surface area contributed by atoms with Gasteiger partial charge in [-0.1, -0.05) is 12.7 Å². The molecule has 0 aliphatic heterocycles. The van der Waals surface area contributed by atoms with Gasteiger partial charge in [0, 0.05) is 11.1 Å². The lowest BCUT2D eigenvalue weighted by Gasteiger charge is -2.08. The molecule has 0 aliphatic rings. The van der Waals surface area contributed by atoms with Crippen molar-refractivity contribution in [2.45, 2.75) is 0 Å². The Balaban J connectivity index is 3.44. The summed E-state index contributed by atoms with van der Waals surface area (Å²) in [5, 5.41) is 9.35. The van der Waals surface area contributed by atoms with Crippen LogP contribution in [0.2, 0.25) is 0 Å². The maximum atomic E-state index is 10.6. The third kappa shape index (κ3) is 1.54. The summed E-state index contributed by atoms with van der Waals surface area (Å²) in [5.41, 5.74) is 0.960. The number of methoxy groups -OCH3 is 1. The highest BCUT2D eigenvalue weighted by Crippen LogP contribution is 2.32. The molecule has 0 saturated heterocycles. The number of aldehydes is 1. The van der Waals surface area contributed by atoms with E-state index in [1.807, 2.05) is 0 Å². The molecule has 0 unspecified atom stereocenters. The van der Waals surface area contributed by atoms with Crippen molar-refractivity contribution in [1.82, 2.24) is 0 Å². The molecule has 0 fully saturated rings. The molecule has 68 valence electrons. The minimum absolute atomic E-state index is 0.00278. The third-order valence-electron chi connectivity index (χ3n) is 1.74. The summed E-state index contributed by atoms with van der Waals surface area (Å²) in [7, 11) is 1.43. The smallest absolute Gasteiger partial charge is 0.168 e. The number of ether oxygens (including phenoxy) is 1. The second kappa shape index (κ2) is 3.76. The molecule has 0 aliphatic carbocycles. The maximum Gasteiger partial charge on any atom is 0.168 e. The van der Waals surface area contributed by atoms with Gasteiger partial charge in [0.1, 0.15) is 0 Å². The Morgan fingerprint density at radius 3 is 2.69 bits per heavy atom. The summed E-state index contributed by atoms with van der Waals surface area (Å²) >= 11 is 0. The Morgan fingerprint density at radius 1 is 1.54 bits per heavy atom. The first-order valence-electron chi connectivity index (χ1n) is 3.72. The Bertz CT molecular complexity index is 342. The van der Waals surface area contributed by atoms with Gasteiger partial charge in [0.15, 0.2) is 17.8 Å². The van der Waals surface area contributed by atoms with Crippen LogP contribution in [0.1, 0.15) is 15.9 Å².